The molecule has 0 unspecified atom stereocenters. The van der Waals surface area contributed by atoms with Crippen LogP contribution in [0.4, 0.5) is 17.6 Å². The summed E-state index contributed by atoms with van der Waals surface area (Å²) in [4.78, 5) is 22.8. The van der Waals surface area contributed by atoms with E-state index in [0.29, 0.717) is 0 Å². The predicted octanol–water partition coefficient (Wildman–Crippen LogP) is 2.16. The Hall–Kier alpha value is -1.34. The van der Waals surface area contributed by atoms with Crippen LogP contribution in [0.2, 0.25) is 0 Å². The van der Waals surface area contributed by atoms with Crippen molar-refractivity contribution in [3.8, 4) is 0 Å². The molecular formula is C11H14F4O4. The second-order valence-electron chi connectivity index (χ2n) is 4.24. The summed E-state index contributed by atoms with van der Waals surface area (Å²) in [6.07, 6.45) is -2.55. The topological polar surface area (TPSA) is 52.6 Å². The van der Waals surface area contributed by atoms with Crippen LogP contribution in [-0.2, 0) is 19.1 Å². The first-order valence-electron chi connectivity index (χ1n) is 5.73. The third kappa shape index (κ3) is 2.28. The van der Waals surface area contributed by atoms with E-state index in [1.165, 1.54) is 13.8 Å². The molecule has 1 saturated carbocycles. The van der Waals surface area contributed by atoms with Gasteiger partial charge in [-0.05, 0) is 13.8 Å². The summed E-state index contributed by atoms with van der Waals surface area (Å²) in [5, 5.41) is 0. The maximum absolute atomic E-state index is 13.6. The van der Waals surface area contributed by atoms with Crippen molar-refractivity contribution in [1.29, 1.82) is 0 Å². The number of hydrogen-bond donors (Lipinski definition) is 0. The van der Waals surface area contributed by atoms with E-state index in [-0.39, 0.29) is 13.2 Å². The van der Waals surface area contributed by atoms with Crippen molar-refractivity contribution in [3.05, 3.63) is 0 Å². The Morgan fingerprint density at radius 3 is 1.95 bits per heavy atom. The molecule has 4 nitrogen and oxygen atoms in total. The first kappa shape index (κ1) is 15.7. The second-order valence-corrected chi connectivity index (χ2v) is 4.24. The molecule has 0 aliphatic heterocycles. The van der Waals surface area contributed by atoms with Crippen LogP contribution in [0.15, 0.2) is 0 Å². The molecule has 0 aromatic carbocycles. The Labute approximate surface area is 107 Å². The van der Waals surface area contributed by atoms with Crippen molar-refractivity contribution in [3.63, 3.8) is 0 Å². The lowest BCUT2D eigenvalue weighted by Crippen LogP contribution is -2.70. The average molecular weight is 286 g/mol. The molecule has 110 valence electrons. The van der Waals surface area contributed by atoms with Gasteiger partial charge in [-0.3, -0.25) is 9.59 Å². The lowest BCUT2D eigenvalue weighted by Gasteiger charge is -2.51. The number of carbonyl (C=O) groups is 2. The Balaban J connectivity index is 3.01. The first-order chi connectivity index (χ1) is 8.64. The smallest absolute Gasteiger partial charge is 0.326 e. The number of hydrogen-bond acceptors (Lipinski definition) is 4. The van der Waals surface area contributed by atoms with E-state index in [1.54, 1.807) is 0 Å². The summed E-state index contributed by atoms with van der Waals surface area (Å²) in [5.74, 6) is -11.6. The number of carbonyl (C=O) groups excluding carboxylic acids is 2. The summed E-state index contributed by atoms with van der Waals surface area (Å²) >= 11 is 0. The lowest BCUT2D eigenvalue weighted by atomic mass is 9.60. The summed E-state index contributed by atoms with van der Waals surface area (Å²) in [5.41, 5.74) is -2.83. The van der Waals surface area contributed by atoms with E-state index < -0.39 is 42.0 Å². The van der Waals surface area contributed by atoms with Crippen LogP contribution in [0.1, 0.15) is 26.7 Å². The highest BCUT2D eigenvalue weighted by Gasteiger charge is 2.84. The Bertz CT molecular complexity index is 383. The molecule has 0 saturated heterocycles. The summed E-state index contributed by atoms with van der Waals surface area (Å²) in [6, 6.07) is 0. The number of esters is 2. The van der Waals surface area contributed by atoms with Crippen LogP contribution in [0.3, 0.4) is 0 Å². The van der Waals surface area contributed by atoms with Crippen molar-refractivity contribution in [1.82, 2.24) is 0 Å². The summed E-state index contributed by atoms with van der Waals surface area (Å²) < 4.78 is 61.8. The predicted molar refractivity (Wildman–Crippen MR) is 54.8 cm³/mol. The lowest BCUT2D eigenvalue weighted by molar-refractivity contribution is -0.350. The largest absolute Gasteiger partial charge is 0.466 e. The standard InChI is InChI=1S/C11H14F4O4/c1-3-18-7(16)5-9(8(17)19-4-2)6-10(12,13)11(9,14)15/h3-6H2,1-2H3/t9-/m1/s1. The van der Waals surface area contributed by atoms with Crippen molar-refractivity contribution in [2.75, 3.05) is 13.2 Å². The molecule has 0 heterocycles. The normalized spacial score (nSPS) is 27.3. The molecular weight excluding hydrogens is 272 g/mol. The zero-order valence-electron chi connectivity index (χ0n) is 10.5. The van der Waals surface area contributed by atoms with Gasteiger partial charge in [0.1, 0.15) is 0 Å². The molecule has 1 atom stereocenters. The molecule has 1 aliphatic rings. The minimum absolute atomic E-state index is 0.0975. The van der Waals surface area contributed by atoms with Gasteiger partial charge in [0.05, 0.1) is 19.6 Å². The summed E-state index contributed by atoms with van der Waals surface area (Å²) in [7, 11) is 0. The van der Waals surface area contributed by atoms with Crippen LogP contribution < -0.4 is 0 Å². The van der Waals surface area contributed by atoms with E-state index in [0.717, 1.165) is 0 Å². The molecule has 1 fully saturated rings. The fourth-order valence-corrected chi connectivity index (χ4v) is 2.02. The van der Waals surface area contributed by atoms with Gasteiger partial charge in [-0.1, -0.05) is 0 Å². The molecule has 1 rings (SSSR count). The third-order valence-corrected chi connectivity index (χ3v) is 3.00. The Morgan fingerprint density at radius 2 is 1.58 bits per heavy atom. The number of ether oxygens (including phenoxy) is 2. The molecule has 0 amide bonds. The SMILES string of the molecule is CCOC(=O)C[C@]1(C(=O)OCC)CC(F)(F)C1(F)F. The van der Waals surface area contributed by atoms with Gasteiger partial charge in [-0.25, -0.2) is 0 Å². The van der Waals surface area contributed by atoms with Crippen molar-refractivity contribution >= 4 is 11.9 Å². The van der Waals surface area contributed by atoms with Gasteiger partial charge in [0.2, 0.25) is 0 Å². The van der Waals surface area contributed by atoms with Crippen LogP contribution in [-0.4, -0.2) is 37.0 Å². The van der Waals surface area contributed by atoms with Crippen LogP contribution in [0, 0.1) is 5.41 Å². The monoisotopic (exact) mass is 286 g/mol. The zero-order chi connectivity index (χ0) is 14.9. The molecule has 0 N–H and O–H groups in total. The maximum Gasteiger partial charge on any atom is 0.326 e. The van der Waals surface area contributed by atoms with Crippen LogP contribution in [0.5, 0.6) is 0 Å². The molecule has 0 bridgehead atoms. The molecule has 1 aliphatic carbocycles. The van der Waals surface area contributed by atoms with Crippen molar-refractivity contribution < 1.29 is 36.6 Å². The van der Waals surface area contributed by atoms with E-state index >= 15 is 0 Å². The zero-order valence-corrected chi connectivity index (χ0v) is 10.5. The van der Waals surface area contributed by atoms with Gasteiger partial charge >= 0.3 is 23.8 Å². The molecule has 0 spiro atoms. The number of alkyl halides is 4. The molecule has 0 radical (unpaired) electrons. The molecule has 0 aromatic heterocycles. The van der Waals surface area contributed by atoms with E-state index in [2.05, 4.69) is 9.47 Å². The van der Waals surface area contributed by atoms with Crippen LogP contribution in [0.25, 0.3) is 0 Å². The minimum atomic E-state index is -4.63. The average Bonchev–Trinajstić information content (AvgIpc) is 2.27. The van der Waals surface area contributed by atoms with E-state index in [9.17, 15) is 27.2 Å². The Kier molecular flexibility index (Phi) is 4.11. The van der Waals surface area contributed by atoms with Crippen molar-refractivity contribution in [2.45, 2.75) is 38.5 Å². The van der Waals surface area contributed by atoms with E-state index in [4.69, 9.17) is 0 Å². The fourth-order valence-electron chi connectivity index (χ4n) is 2.02. The fraction of sp³-hybridized carbons (Fsp3) is 0.818. The quantitative estimate of drug-likeness (QED) is 0.574. The van der Waals surface area contributed by atoms with Gasteiger partial charge in [-0.2, -0.15) is 17.6 Å². The van der Waals surface area contributed by atoms with E-state index in [1.807, 2.05) is 0 Å². The van der Waals surface area contributed by atoms with Gasteiger partial charge in [-0.15, -0.1) is 0 Å². The molecule has 19 heavy (non-hydrogen) atoms. The third-order valence-electron chi connectivity index (χ3n) is 3.00. The van der Waals surface area contributed by atoms with Gasteiger partial charge in [0.25, 0.3) is 0 Å². The maximum atomic E-state index is 13.6. The number of halogens is 4. The highest BCUT2D eigenvalue weighted by Crippen LogP contribution is 2.65. The van der Waals surface area contributed by atoms with Crippen molar-refractivity contribution in [2.24, 2.45) is 5.41 Å². The first-order valence-corrected chi connectivity index (χ1v) is 5.73. The molecule has 0 aromatic rings. The van der Waals surface area contributed by atoms with Gasteiger partial charge < -0.3 is 9.47 Å². The highest BCUT2D eigenvalue weighted by molar-refractivity contribution is 5.86. The number of rotatable bonds is 5. The van der Waals surface area contributed by atoms with Gasteiger partial charge in [0, 0.05) is 6.42 Å². The summed E-state index contributed by atoms with van der Waals surface area (Å²) in [6.45, 7) is 2.44. The van der Waals surface area contributed by atoms with Crippen LogP contribution >= 0.6 is 0 Å². The van der Waals surface area contributed by atoms with Gasteiger partial charge in [0.15, 0.2) is 5.41 Å². The highest BCUT2D eigenvalue weighted by atomic mass is 19.3. The minimum Gasteiger partial charge on any atom is -0.466 e. The second kappa shape index (κ2) is 4.97. The Morgan fingerprint density at radius 1 is 1.05 bits per heavy atom. The molecule has 8 heteroatoms.